The smallest absolute Gasteiger partial charge is 0.276 e. The summed E-state index contributed by atoms with van der Waals surface area (Å²) in [5, 5.41) is 3.17. The van der Waals surface area contributed by atoms with Crippen LogP contribution in [0.25, 0.3) is 0 Å². The molecule has 33 heavy (non-hydrogen) atoms. The Morgan fingerprint density at radius 1 is 1.18 bits per heavy atom. The summed E-state index contributed by atoms with van der Waals surface area (Å²) in [6.07, 6.45) is 3.77. The maximum atomic E-state index is 13.2. The van der Waals surface area contributed by atoms with Gasteiger partial charge in [0.15, 0.2) is 15.7 Å². The number of likely N-dealkylation sites (tertiary alicyclic amines) is 1. The van der Waals surface area contributed by atoms with Gasteiger partial charge in [-0.25, -0.2) is 13.4 Å². The van der Waals surface area contributed by atoms with Crippen molar-refractivity contribution in [3.8, 4) is 0 Å². The van der Waals surface area contributed by atoms with E-state index >= 15 is 0 Å². The average molecular weight is 513 g/mol. The monoisotopic (exact) mass is 512 g/mol. The second-order valence-electron chi connectivity index (χ2n) is 8.29. The Balaban J connectivity index is 1.88. The Kier molecular flexibility index (Phi) is 8.00. The number of nitrogens with zero attached hydrogens (tertiary/aromatic N) is 3. The molecule has 178 valence electrons. The summed E-state index contributed by atoms with van der Waals surface area (Å²) < 4.78 is 24.9. The molecule has 2 heterocycles. The zero-order chi connectivity index (χ0) is 24.3. The number of rotatable bonds is 6. The fraction of sp³-hybridized carbons (Fsp3) is 0.409. The Morgan fingerprint density at radius 3 is 2.39 bits per heavy atom. The molecule has 2 amide bonds. The minimum Gasteiger partial charge on any atom is -0.325 e. The van der Waals surface area contributed by atoms with Crippen molar-refractivity contribution in [1.29, 1.82) is 0 Å². The highest BCUT2D eigenvalue weighted by atomic mass is 35.5. The molecule has 11 heteroatoms. The van der Waals surface area contributed by atoms with E-state index in [-0.39, 0.29) is 33.8 Å². The molecule has 0 spiro atoms. The number of hydrogen-bond donors (Lipinski definition) is 1. The zero-order valence-corrected chi connectivity index (χ0v) is 20.9. The van der Waals surface area contributed by atoms with Crippen molar-refractivity contribution >= 4 is 56.5 Å². The first-order valence-corrected chi connectivity index (χ1v) is 13.1. The third-order valence-electron chi connectivity index (χ3n) is 5.63. The fourth-order valence-corrected chi connectivity index (χ4v) is 4.60. The van der Waals surface area contributed by atoms with Gasteiger partial charge in [0.25, 0.3) is 5.91 Å². The summed E-state index contributed by atoms with van der Waals surface area (Å²) >= 11 is 12.1. The molecule has 1 aromatic carbocycles. The average Bonchev–Trinajstić information content (AvgIpc) is 2.78. The number of halogens is 2. The zero-order valence-electron chi connectivity index (χ0n) is 18.6. The highest BCUT2D eigenvalue weighted by molar-refractivity contribution is 7.90. The SMILES string of the molecule is CC(C)N1CCC(C(=O)Nc2ccc(S(C)(=O)=O)cc2C(=O)N(Cl)c2ccc(Cl)cn2)CC1. The molecular weight excluding hydrogens is 487 g/mol. The normalized spacial score (nSPS) is 15.5. The van der Waals surface area contributed by atoms with Crippen LogP contribution in [0.2, 0.25) is 5.02 Å². The molecule has 8 nitrogen and oxygen atoms in total. The van der Waals surface area contributed by atoms with Gasteiger partial charge in [-0.15, -0.1) is 0 Å². The number of benzene rings is 1. The summed E-state index contributed by atoms with van der Waals surface area (Å²) in [6.45, 7) is 5.86. The molecule has 0 bridgehead atoms. The molecule has 0 radical (unpaired) electrons. The maximum Gasteiger partial charge on any atom is 0.276 e. The lowest BCUT2D eigenvalue weighted by Crippen LogP contribution is -2.41. The number of anilines is 2. The second-order valence-corrected chi connectivity index (χ2v) is 11.1. The minimum atomic E-state index is -3.60. The molecule has 1 N–H and O–H groups in total. The van der Waals surface area contributed by atoms with Crippen LogP contribution in [0.1, 0.15) is 37.0 Å². The number of sulfone groups is 1. The number of amides is 2. The first kappa shape index (κ1) is 25.4. The largest absolute Gasteiger partial charge is 0.325 e. The van der Waals surface area contributed by atoms with Gasteiger partial charge < -0.3 is 10.2 Å². The number of pyridine rings is 1. The van der Waals surface area contributed by atoms with Gasteiger partial charge in [0.1, 0.15) is 0 Å². The van der Waals surface area contributed by atoms with E-state index in [9.17, 15) is 18.0 Å². The van der Waals surface area contributed by atoms with E-state index in [0.717, 1.165) is 23.8 Å². The number of piperidine rings is 1. The molecule has 1 aromatic heterocycles. The van der Waals surface area contributed by atoms with Gasteiger partial charge in [0.2, 0.25) is 5.91 Å². The van der Waals surface area contributed by atoms with Crippen molar-refractivity contribution in [1.82, 2.24) is 9.88 Å². The number of carbonyl (C=O) groups excluding carboxylic acids is 2. The minimum absolute atomic E-state index is 0.0577. The number of nitrogens with one attached hydrogen (secondary N) is 1. The van der Waals surface area contributed by atoms with Gasteiger partial charge in [-0.1, -0.05) is 11.6 Å². The lowest BCUT2D eigenvalue weighted by Gasteiger charge is -2.34. The molecule has 0 aliphatic carbocycles. The Hall–Kier alpha value is -2.20. The van der Waals surface area contributed by atoms with Crippen molar-refractivity contribution < 1.29 is 18.0 Å². The first-order chi connectivity index (χ1) is 15.5. The van der Waals surface area contributed by atoms with Gasteiger partial charge in [-0.05, 0) is 70.1 Å². The highest BCUT2D eigenvalue weighted by Crippen LogP contribution is 2.27. The first-order valence-electron chi connectivity index (χ1n) is 10.5. The topological polar surface area (TPSA) is 99.7 Å². The van der Waals surface area contributed by atoms with Crippen LogP contribution in [0.4, 0.5) is 11.5 Å². The van der Waals surface area contributed by atoms with Crippen molar-refractivity contribution in [3.63, 3.8) is 0 Å². The maximum absolute atomic E-state index is 13.2. The van der Waals surface area contributed by atoms with Crippen LogP contribution in [0.5, 0.6) is 0 Å². The molecule has 0 atom stereocenters. The predicted molar refractivity (Wildman–Crippen MR) is 130 cm³/mol. The van der Waals surface area contributed by atoms with Crippen molar-refractivity contribution in [2.45, 2.75) is 37.6 Å². The van der Waals surface area contributed by atoms with Crippen LogP contribution < -0.4 is 9.74 Å². The van der Waals surface area contributed by atoms with Crippen LogP contribution in [0.15, 0.2) is 41.4 Å². The number of carbonyl (C=O) groups is 2. The molecule has 1 fully saturated rings. The van der Waals surface area contributed by atoms with Crippen LogP contribution in [-0.2, 0) is 14.6 Å². The second kappa shape index (κ2) is 10.4. The third-order valence-corrected chi connectivity index (χ3v) is 7.29. The Labute approximate surface area is 203 Å². The molecule has 0 saturated carbocycles. The van der Waals surface area contributed by atoms with Crippen molar-refractivity contribution in [3.05, 3.63) is 47.1 Å². The standard InChI is InChI=1S/C22H26Cl2N4O4S/c1-14(2)27-10-8-15(9-11-27)21(29)26-19-6-5-17(33(3,31)32)12-18(19)22(30)28(24)20-7-4-16(23)13-25-20/h4-7,12-15H,8-11H2,1-3H3,(H,26,29). The Bertz CT molecular complexity index is 1130. The lowest BCUT2D eigenvalue weighted by molar-refractivity contribution is -0.121. The van der Waals surface area contributed by atoms with Gasteiger partial charge in [-0.3, -0.25) is 9.59 Å². The van der Waals surface area contributed by atoms with Crippen molar-refractivity contribution in [2.24, 2.45) is 5.92 Å². The van der Waals surface area contributed by atoms with E-state index < -0.39 is 15.7 Å². The molecule has 1 aliphatic rings. The van der Waals surface area contributed by atoms with E-state index in [1.165, 1.54) is 36.5 Å². The molecular formula is C22H26Cl2N4O4S. The highest BCUT2D eigenvalue weighted by Gasteiger charge is 2.28. The van der Waals surface area contributed by atoms with Crippen LogP contribution in [-0.4, -0.2) is 55.5 Å². The van der Waals surface area contributed by atoms with E-state index in [2.05, 4.69) is 29.0 Å². The molecule has 3 rings (SSSR count). The molecule has 1 aliphatic heterocycles. The Morgan fingerprint density at radius 2 is 1.85 bits per heavy atom. The summed E-state index contributed by atoms with van der Waals surface area (Å²) in [4.78, 5) is 32.4. The summed E-state index contributed by atoms with van der Waals surface area (Å²) in [6, 6.07) is 7.35. The van der Waals surface area contributed by atoms with E-state index in [1.54, 1.807) is 0 Å². The van der Waals surface area contributed by atoms with Gasteiger partial charge in [0.05, 0.1) is 21.2 Å². The molecule has 0 unspecified atom stereocenters. The quantitative estimate of drug-likeness (QED) is 0.587. The molecule has 1 saturated heterocycles. The fourth-order valence-electron chi connectivity index (χ4n) is 3.65. The number of hydrogen-bond acceptors (Lipinski definition) is 6. The summed E-state index contributed by atoms with van der Waals surface area (Å²) in [5.41, 5.74) is 0.126. The summed E-state index contributed by atoms with van der Waals surface area (Å²) in [7, 11) is -3.60. The van der Waals surface area contributed by atoms with Gasteiger partial charge in [-0.2, -0.15) is 4.42 Å². The van der Waals surface area contributed by atoms with Crippen LogP contribution in [0.3, 0.4) is 0 Å². The lowest BCUT2D eigenvalue weighted by atomic mass is 9.95. The third kappa shape index (κ3) is 6.23. The summed E-state index contributed by atoms with van der Waals surface area (Å²) in [5.74, 6) is -1.05. The van der Waals surface area contributed by atoms with E-state index in [1.807, 2.05) is 0 Å². The molecule has 2 aromatic rings. The van der Waals surface area contributed by atoms with Crippen LogP contribution in [0, 0.1) is 5.92 Å². The van der Waals surface area contributed by atoms with Crippen molar-refractivity contribution in [2.75, 3.05) is 29.1 Å². The van der Waals surface area contributed by atoms with Crippen LogP contribution >= 0.6 is 23.4 Å². The van der Waals surface area contributed by atoms with Gasteiger partial charge in [0, 0.05) is 36.2 Å². The van der Waals surface area contributed by atoms with Gasteiger partial charge >= 0.3 is 0 Å². The van der Waals surface area contributed by atoms with E-state index in [0.29, 0.717) is 23.9 Å². The number of aromatic nitrogens is 1. The predicted octanol–water partition coefficient (Wildman–Crippen LogP) is 4.00. The van der Waals surface area contributed by atoms with E-state index in [4.69, 9.17) is 23.4 Å².